The number of benzene rings is 2. The molecule has 0 fully saturated rings. The molecule has 0 spiro atoms. The highest BCUT2D eigenvalue weighted by Gasteiger charge is 2.35. The molecule has 0 aromatic heterocycles. The number of ether oxygens (including phenoxy) is 1. The van der Waals surface area contributed by atoms with Crippen molar-refractivity contribution in [1.82, 2.24) is 4.72 Å². The maximum absolute atomic E-state index is 13.0. The van der Waals surface area contributed by atoms with Gasteiger partial charge in [-0.05, 0) is 44.0 Å². The maximum atomic E-state index is 13.0. The summed E-state index contributed by atoms with van der Waals surface area (Å²) in [6.45, 7) is 6.34. The molecular weight excluding hydrogens is 446 g/mol. The molecule has 1 heterocycles. The van der Waals surface area contributed by atoms with Gasteiger partial charge in [-0.25, -0.2) is 8.42 Å². The summed E-state index contributed by atoms with van der Waals surface area (Å²) in [6, 6.07) is 11.8. The molecule has 0 aliphatic carbocycles. The summed E-state index contributed by atoms with van der Waals surface area (Å²) in [5.41, 5.74) is 1.87. The number of nitrogens with zero attached hydrogens (tertiary/aromatic N) is 1. The third kappa shape index (κ3) is 5.58. The quantitative estimate of drug-likeness (QED) is 0.595. The highest BCUT2D eigenvalue weighted by atomic mass is 32.2. The minimum atomic E-state index is -3.99. The Kier molecular flexibility index (Phi) is 7.19. The fraction of sp³-hybridized carbons (Fsp3) is 0.348. The van der Waals surface area contributed by atoms with E-state index < -0.39 is 40.0 Å². The van der Waals surface area contributed by atoms with Gasteiger partial charge >= 0.3 is 5.97 Å². The summed E-state index contributed by atoms with van der Waals surface area (Å²) in [4.78, 5) is 39.1. The number of para-hydroxylation sites is 2. The third-order valence-electron chi connectivity index (χ3n) is 5.21. The van der Waals surface area contributed by atoms with Crippen molar-refractivity contribution < 1.29 is 27.5 Å². The Bertz CT molecular complexity index is 1160. The number of carbonyl (C=O) groups is 3. The molecular formula is C23H27N3O6S. The Labute approximate surface area is 193 Å². The second kappa shape index (κ2) is 9.72. The Morgan fingerprint density at radius 2 is 1.70 bits per heavy atom. The lowest BCUT2D eigenvalue weighted by molar-refractivity contribution is -0.156. The number of hydrogen-bond donors (Lipinski definition) is 2. The Morgan fingerprint density at radius 3 is 2.33 bits per heavy atom. The van der Waals surface area contributed by atoms with Gasteiger partial charge in [-0.2, -0.15) is 4.72 Å². The fourth-order valence-electron chi connectivity index (χ4n) is 3.36. The zero-order chi connectivity index (χ0) is 24.3. The van der Waals surface area contributed by atoms with Crippen molar-refractivity contribution in [2.45, 2.75) is 44.7 Å². The van der Waals surface area contributed by atoms with Crippen LogP contribution in [0.1, 0.15) is 26.3 Å². The van der Waals surface area contributed by atoms with Crippen molar-refractivity contribution in [1.29, 1.82) is 0 Å². The van der Waals surface area contributed by atoms with E-state index in [1.807, 2.05) is 6.92 Å². The Morgan fingerprint density at radius 1 is 1.06 bits per heavy atom. The molecule has 2 atom stereocenters. The number of hydrogen-bond acceptors (Lipinski definition) is 6. The van der Waals surface area contributed by atoms with Crippen LogP contribution in [0.25, 0.3) is 0 Å². The normalized spacial score (nSPS) is 15.4. The van der Waals surface area contributed by atoms with E-state index in [4.69, 9.17) is 4.74 Å². The predicted molar refractivity (Wildman–Crippen MR) is 123 cm³/mol. The van der Waals surface area contributed by atoms with E-state index in [9.17, 15) is 22.8 Å². The zero-order valence-corrected chi connectivity index (χ0v) is 19.7. The summed E-state index contributed by atoms with van der Waals surface area (Å²) < 4.78 is 33.3. The lowest BCUT2D eigenvalue weighted by Gasteiger charge is -2.31. The fourth-order valence-corrected chi connectivity index (χ4v) is 4.69. The second-order valence-corrected chi connectivity index (χ2v) is 9.94. The van der Waals surface area contributed by atoms with Gasteiger partial charge in [0, 0.05) is 0 Å². The van der Waals surface area contributed by atoms with Crippen LogP contribution in [0.5, 0.6) is 0 Å². The topological polar surface area (TPSA) is 122 Å². The van der Waals surface area contributed by atoms with Crippen LogP contribution >= 0.6 is 0 Å². The van der Waals surface area contributed by atoms with Gasteiger partial charge in [-0.1, -0.05) is 43.7 Å². The first kappa shape index (κ1) is 24.4. The molecule has 10 heteroatoms. The minimum absolute atomic E-state index is 0.0200. The van der Waals surface area contributed by atoms with Crippen LogP contribution in [0.15, 0.2) is 53.4 Å². The van der Waals surface area contributed by atoms with Gasteiger partial charge in [-0.15, -0.1) is 0 Å². The molecule has 3 rings (SSSR count). The van der Waals surface area contributed by atoms with Crippen LogP contribution in [-0.2, 0) is 29.1 Å². The molecule has 9 nitrogen and oxygen atoms in total. The molecule has 2 aromatic carbocycles. The minimum Gasteiger partial charge on any atom is -0.451 e. The monoisotopic (exact) mass is 473 g/mol. The van der Waals surface area contributed by atoms with E-state index in [0.717, 1.165) is 5.56 Å². The molecule has 33 heavy (non-hydrogen) atoms. The van der Waals surface area contributed by atoms with Gasteiger partial charge in [-0.3, -0.25) is 19.3 Å². The van der Waals surface area contributed by atoms with E-state index in [2.05, 4.69) is 10.0 Å². The van der Waals surface area contributed by atoms with Crippen molar-refractivity contribution in [3.8, 4) is 0 Å². The average molecular weight is 474 g/mol. The lowest BCUT2D eigenvalue weighted by atomic mass is 10.1. The maximum Gasteiger partial charge on any atom is 0.325 e. The number of nitrogens with one attached hydrogen (secondary N) is 2. The molecule has 0 saturated heterocycles. The van der Waals surface area contributed by atoms with Crippen molar-refractivity contribution in [2.75, 3.05) is 16.8 Å². The van der Waals surface area contributed by atoms with E-state index in [-0.39, 0.29) is 17.3 Å². The van der Waals surface area contributed by atoms with Crippen LogP contribution < -0.4 is 14.9 Å². The molecule has 2 unspecified atom stereocenters. The third-order valence-corrected chi connectivity index (χ3v) is 6.67. The standard InChI is InChI=1S/C23H27N3O6S/c1-14(2)21(25-33(30,31)17-11-9-15(3)10-12-17)23(29)32-16(4)22(28)26-13-20(27)24-18-7-5-6-8-19(18)26/h5-12,14,16,21,25H,13H2,1-4H3,(H,24,27). The largest absolute Gasteiger partial charge is 0.451 e. The van der Waals surface area contributed by atoms with Crippen LogP contribution in [-0.4, -0.2) is 44.9 Å². The molecule has 2 N–H and O–H groups in total. The number of fused-ring (bicyclic) bond motifs is 1. The molecule has 2 amide bonds. The summed E-state index contributed by atoms with van der Waals surface area (Å²) in [5, 5.41) is 2.69. The summed E-state index contributed by atoms with van der Waals surface area (Å²) in [7, 11) is -3.99. The van der Waals surface area contributed by atoms with Crippen molar-refractivity contribution >= 4 is 39.2 Å². The highest BCUT2D eigenvalue weighted by Crippen LogP contribution is 2.29. The van der Waals surface area contributed by atoms with Crippen molar-refractivity contribution in [3.63, 3.8) is 0 Å². The van der Waals surface area contributed by atoms with Gasteiger partial charge in [0.2, 0.25) is 15.9 Å². The van der Waals surface area contributed by atoms with Gasteiger partial charge in [0.25, 0.3) is 5.91 Å². The van der Waals surface area contributed by atoms with E-state index in [0.29, 0.717) is 11.4 Å². The van der Waals surface area contributed by atoms with Crippen LogP contribution in [0.3, 0.4) is 0 Å². The Hall–Kier alpha value is -3.24. The first-order chi connectivity index (χ1) is 15.5. The average Bonchev–Trinajstić information content (AvgIpc) is 2.76. The molecule has 0 radical (unpaired) electrons. The van der Waals surface area contributed by atoms with Crippen LogP contribution in [0.2, 0.25) is 0 Å². The van der Waals surface area contributed by atoms with Crippen LogP contribution in [0.4, 0.5) is 11.4 Å². The molecule has 1 aliphatic heterocycles. The Balaban J connectivity index is 1.74. The van der Waals surface area contributed by atoms with E-state index in [1.54, 1.807) is 50.2 Å². The molecule has 0 saturated carbocycles. The van der Waals surface area contributed by atoms with Crippen molar-refractivity contribution in [3.05, 3.63) is 54.1 Å². The molecule has 176 valence electrons. The number of amides is 2. The van der Waals surface area contributed by atoms with Gasteiger partial charge in [0.15, 0.2) is 6.10 Å². The predicted octanol–water partition coefficient (Wildman–Crippen LogP) is 2.21. The number of esters is 1. The van der Waals surface area contributed by atoms with Gasteiger partial charge in [0.1, 0.15) is 12.6 Å². The number of sulfonamides is 1. The van der Waals surface area contributed by atoms with E-state index in [1.165, 1.54) is 24.0 Å². The number of rotatable bonds is 7. The van der Waals surface area contributed by atoms with Gasteiger partial charge < -0.3 is 10.1 Å². The number of carbonyl (C=O) groups excluding carboxylic acids is 3. The SMILES string of the molecule is Cc1ccc(S(=O)(=O)NC(C(=O)OC(C)C(=O)N2CC(=O)Nc3ccccc32)C(C)C)cc1. The summed E-state index contributed by atoms with van der Waals surface area (Å²) >= 11 is 0. The summed E-state index contributed by atoms with van der Waals surface area (Å²) in [6.07, 6.45) is -1.23. The number of anilines is 2. The molecule has 1 aliphatic rings. The smallest absolute Gasteiger partial charge is 0.325 e. The zero-order valence-electron chi connectivity index (χ0n) is 18.9. The molecule has 0 bridgehead atoms. The number of aryl methyl sites for hydroxylation is 1. The first-order valence-corrected chi connectivity index (χ1v) is 12.0. The van der Waals surface area contributed by atoms with Gasteiger partial charge in [0.05, 0.1) is 16.3 Å². The van der Waals surface area contributed by atoms with Crippen molar-refractivity contribution in [2.24, 2.45) is 5.92 Å². The second-order valence-electron chi connectivity index (χ2n) is 8.22. The first-order valence-electron chi connectivity index (χ1n) is 10.5. The van der Waals surface area contributed by atoms with Crippen LogP contribution in [0, 0.1) is 12.8 Å². The molecule has 2 aromatic rings. The highest BCUT2D eigenvalue weighted by molar-refractivity contribution is 7.89. The summed E-state index contributed by atoms with van der Waals surface area (Å²) in [5.74, 6) is -2.28. The van der Waals surface area contributed by atoms with E-state index >= 15 is 0 Å². The lowest BCUT2D eigenvalue weighted by Crippen LogP contribution is -2.50.